The van der Waals surface area contributed by atoms with Gasteiger partial charge in [-0.15, -0.1) is 0 Å². The topological polar surface area (TPSA) is 73.1 Å². The third-order valence-electron chi connectivity index (χ3n) is 2.60. The number of hydrogen-bond donors (Lipinski definition) is 2. The fourth-order valence-electron chi connectivity index (χ4n) is 1.58. The van der Waals surface area contributed by atoms with Gasteiger partial charge in [-0.1, -0.05) is 6.07 Å². The third kappa shape index (κ3) is 3.35. The molecule has 102 valence electrons. The van der Waals surface area contributed by atoms with E-state index in [0.717, 1.165) is 16.1 Å². The predicted molar refractivity (Wildman–Crippen MR) is 78.6 cm³/mol. The lowest BCUT2D eigenvalue weighted by Gasteiger charge is -2.13. The number of nitrogens with one attached hydrogen (secondary N) is 1. The highest BCUT2D eigenvalue weighted by molar-refractivity contribution is 7.10. The van der Waals surface area contributed by atoms with E-state index in [4.69, 9.17) is 10.5 Å². The van der Waals surface area contributed by atoms with Crippen LogP contribution >= 0.6 is 11.5 Å². The molecule has 0 atom stereocenters. The van der Waals surface area contributed by atoms with Crippen LogP contribution in [0.15, 0.2) is 18.3 Å². The van der Waals surface area contributed by atoms with Crippen molar-refractivity contribution < 1.29 is 4.74 Å². The van der Waals surface area contributed by atoms with Crippen molar-refractivity contribution in [2.75, 3.05) is 11.1 Å². The number of anilines is 2. The molecule has 6 heteroatoms. The fourth-order valence-corrected chi connectivity index (χ4v) is 2.28. The average molecular weight is 278 g/mol. The Hall–Kier alpha value is -1.82. The lowest BCUT2D eigenvalue weighted by atomic mass is 10.2. The maximum absolute atomic E-state index is 5.73. The zero-order chi connectivity index (χ0) is 13.8. The highest BCUT2D eigenvalue weighted by atomic mass is 32.1. The van der Waals surface area contributed by atoms with E-state index in [-0.39, 0.29) is 6.10 Å². The van der Waals surface area contributed by atoms with Crippen LogP contribution in [0.2, 0.25) is 0 Å². The van der Waals surface area contributed by atoms with Gasteiger partial charge in [0.25, 0.3) is 0 Å². The minimum Gasteiger partial charge on any atom is -0.475 e. The first-order valence-corrected chi connectivity index (χ1v) is 6.91. The summed E-state index contributed by atoms with van der Waals surface area (Å²) in [7, 11) is 0. The number of nitrogens with two attached hydrogens (primary N) is 1. The summed E-state index contributed by atoms with van der Waals surface area (Å²) in [6.45, 7) is 6.56. The zero-order valence-corrected chi connectivity index (χ0v) is 12.1. The van der Waals surface area contributed by atoms with Crippen molar-refractivity contribution in [2.24, 2.45) is 0 Å². The van der Waals surface area contributed by atoms with E-state index in [1.165, 1.54) is 11.5 Å². The van der Waals surface area contributed by atoms with Crippen LogP contribution in [0.5, 0.6) is 5.88 Å². The Morgan fingerprint density at radius 1 is 1.47 bits per heavy atom. The monoisotopic (exact) mass is 278 g/mol. The fraction of sp³-hybridized carbons (Fsp3) is 0.385. The molecule has 2 aromatic heterocycles. The van der Waals surface area contributed by atoms with E-state index < -0.39 is 0 Å². The summed E-state index contributed by atoms with van der Waals surface area (Å²) in [5.74, 6) is 1.25. The van der Waals surface area contributed by atoms with Crippen molar-refractivity contribution in [3.8, 4) is 5.88 Å². The molecule has 0 aromatic carbocycles. The van der Waals surface area contributed by atoms with Crippen LogP contribution in [0.3, 0.4) is 0 Å². The first kappa shape index (κ1) is 13.6. The van der Waals surface area contributed by atoms with E-state index >= 15 is 0 Å². The van der Waals surface area contributed by atoms with E-state index in [2.05, 4.69) is 14.7 Å². The molecule has 0 aliphatic rings. The van der Waals surface area contributed by atoms with Crippen LogP contribution in [-0.2, 0) is 6.54 Å². The van der Waals surface area contributed by atoms with Crippen molar-refractivity contribution in [3.63, 3.8) is 0 Å². The Labute approximate surface area is 117 Å². The van der Waals surface area contributed by atoms with Crippen LogP contribution in [-0.4, -0.2) is 15.5 Å². The second-order valence-electron chi connectivity index (χ2n) is 4.51. The van der Waals surface area contributed by atoms with Crippen LogP contribution < -0.4 is 15.8 Å². The van der Waals surface area contributed by atoms with E-state index in [1.807, 2.05) is 32.9 Å². The van der Waals surface area contributed by atoms with Crippen molar-refractivity contribution in [2.45, 2.75) is 33.4 Å². The predicted octanol–water partition coefficient (Wildman–Crippen LogP) is 2.83. The lowest BCUT2D eigenvalue weighted by molar-refractivity contribution is 0.230. The molecule has 0 spiro atoms. The molecule has 0 amide bonds. The quantitative estimate of drug-likeness (QED) is 0.879. The highest BCUT2D eigenvalue weighted by Crippen LogP contribution is 2.26. The van der Waals surface area contributed by atoms with Crippen molar-refractivity contribution in [1.82, 2.24) is 9.36 Å². The van der Waals surface area contributed by atoms with Gasteiger partial charge in [-0.3, -0.25) is 0 Å². The van der Waals surface area contributed by atoms with Crippen molar-refractivity contribution >= 4 is 22.4 Å². The highest BCUT2D eigenvalue weighted by Gasteiger charge is 2.09. The van der Waals surface area contributed by atoms with Crippen LogP contribution in [0.25, 0.3) is 0 Å². The van der Waals surface area contributed by atoms with Gasteiger partial charge in [-0.25, -0.2) is 4.98 Å². The second kappa shape index (κ2) is 5.88. The van der Waals surface area contributed by atoms with Gasteiger partial charge in [-0.05, 0) is 38.4 Å². The van der Waals surface area contributed by atoms with Gasteiger partial charge < -0.3 is 15.8 Å². The molecule has 0 radical (unpaired) electrons. The van der Waals surface area contributed by atoms with E-state index in [0.29, 0.717) is 18.2 Å². The summed E-state index contributed by atoms with van der Waals surface area (Å²) in [4.78, 5) is 4.26. The Bertz CT molecular complexity index is 553. The largest absolute Gasteiger partial charge is 0.475 e. The van der Waals surface area contributed by atoms with Gasteiger partial charge in [0, 0.05) is 23.9 Å². The molecule has 0 fully saturated rings. The minimum atomic E-state index is 0.106. The van der Waals surface area contributed by atoms with Crippen LogP contribution in [0, 0.1) is 6.92 Å². The Morgan fingerprint density at radius 3 is 2.89 bits per heavy atom. The molecule has 2 rings (SSSR count). The van der Waals surface area contributed by atoms with Gasteiger partial charge in [0.1, 0.15) is 10.8 Å². The van der Waals surface area contributed by atoms with Gasteiger partial charge in [-0.2, -0.15) is 4.37 Å². The van der Waals surface area contributed by atoms with Gasteiger partial charge in [0.15, 0.2) is 0 Å². The van der Waals surface area contributed by atoms with Crippen LogP contribution in [0.4, 0.5) is 10.8 Å². The van der Waals surface area contributed by atoms with Gasteiger partial charge in [0.05, 0.1) is 6.10 Å². The summed E-state index contributed by atoms with van der Waals surface area (Å²) >= 11 is 1.37. The second-order valence-corrected chi connectivity index (χ2v) is 5.28. The molecule has 0 saturated carbocycles. The molecule has 5 nitrogen and oxygen atoms in total. The smallest absolute Gasteiger partial charge is 0.218 e. The lowest BCUT2D eigenvalue weighted by Crippen LogP contribution is -2.10. The number of nitrogens with zero attached hydrogens (tertiary/aromatic N) is 2. The Morgan fingerprint density at radius 2 is 2.26 bits per heavy atom. The molecular formula is C13H18N4OS. The van der Waals surface area contributed by atoms with Gasteiger partial charge in [0.2, 0.25) is 5.88 Å². The molecule has 0 aliphatic heterocycles. The Balaban J connectivity index is 2.09. The molecule has 0 aliphatic carbocycles. The zero-order valence-electron chi connectivity index (χ0n) is 11.3. The normalized spacial score (nSPS) is 10.7. The number of aromatic nitrogens is 2. The van der Waals surface area contributed by atoms with Gasteiger partial charge >= 0.3 is 0 Å². The summed E-state index contributed by atoms with van der Waals surface area (Å²) in [5, 5.41) is 4.30. The molecule has 0 unspecified atom stereocenters. The number of ether oxygens (including phenoxy) is 1. The van der Waals surface area contributed by atoms with Crippen LogP contribution in [0.1, 0.15) is 25.0 Å². The number of nitrogen functional groups attached to an aromatic ring is 1. The number of pyridine rings is 1. The molecule has 0 bridgehead atoms. The summed E-state index contributed by atoms with van der Waals surface area (Å²) in [5.41, 5.74) is 7.73. The molecule has 19 heavy (non-hydrogen) atoms. The molecule has 2 heterocycles. The molecule has 0 saturated heterocycles. The Kier molecular flexibility index (Phi) is 4.21. The maximum atomic E-state index is 5.73. The first-order valence-electron chi connectivity index (χ1n) is 6.14. The number of hydrogen-bond acceptors (Lipinski definition) is 6. The van der Waals surface area contributed by atoms with Crippen molar-refractivity contribution in [1.29, 1.82) is 0 Å². The molecule has 3 N–H and O–H groups in total. The van der Waals surface area contributed by atoms with Crippen molar-refractivity contribution in [3.05, 3.63) is 29.5 Å². The third-order valence-corrected chi connectivity index (χ3v) is 3.52. The molecule has 2 aromatic rings. The summed E-state index contributed by atoms with van der Waals surface area (Å²) in [6, 6.07) is 3.90. The summed E-state index contributed by atoms with van der Waals surface area (Å²) in [6.07, 6.45) is 1.84. The standard InChI is InChI=1S/C13H18N4OS/c1-8(2)18-12-10(5-4-6-15-12)7-16-13-9(3)11(14)17-19-13/h4-6,8,16H,7H2,1-3H3,(H2,14,17). The van der Waals surface area contributed by atoms with E-state index in [1.54, 1.807) is 6.20 Å². The first-order chi connectivity index (χ1) is 9.08. The molecular weight excluding hydrogens is 260 g/mol. The average Bonchev–Trinajstić information content (AvgIpc) is 2.68. The minimum absolute atomic E-state index is 0.106. The number of rotatable bonds is 5. The SMILES string of the molecule is Cc1c(N)nsc1NCc1cccnc1OC(C)C. The maximum Gasteiger partial charge on any atom is 0.218 e. The van der Waals surface area contributed by atoms with E-state index in [9.17, 15) is 0 Å². The summed E-state index contributed by atoms with van der Waals surface area (Å²) < 4.78 is 9.79.